The third kappa shape index (κ3) is 8.23. The molecule has 0 bridgehead atoms. The molecule has 0 spiro atoms. The van der Waals surface area contributed by atoms with Crippen molar-refractivity contribution in [3.63, 3.8) is 0 Å². The van der Waals surface area contributed by atoms with Crippen LogP contribution in [0.3, 0.4) is 0 Å². The van der Waals surface area contributed by atoms with Crippen LogP contribution in [-0.2, 0) is 9.59 Å². The van der Waals surface area contributed by atoms with Gasteiger partial charge in [0.2, 0.25) is 5.91 Å². The Morgan fingerprint density at radius 3 is 2.15 bits per heavy atom. The first-order valence-electron chi connectivity index (χ1n) is 12.2. The van der Waals surface area contributed by atoms with E-state index in [-0.39, 0.29) is 17.4 Å². The summed E-state index contributed by atoms with van der Waals surface area (Å²) in [6, 6.07) is 28.1. The summed E-state index contributed by atoms with van der Waals surface area (Å²) in [6.45, 7) is 1.90. The van der Waals surface area contributed by atoms with Gasteiger partial charge in [-0.25, -0.2) is 0 Å². The van der Waals surface area contributed by atoms with Crippen molar-refractivity contribution in [2.24, 2.45) is 0 Å². The fourth-order valence-electron chi connectivity index (χ4n) is 3.54. The zero-order chi connectivity index (χ0) is 28.5. The van der Waals surface area contributed by atoms with E-state index >= 15 is 0 Å². The molecule has 0 fully saturated rings. The number of nitrogens with one attached hydrogen (secondary N) is 3. The molecule has 0 saturated carbocycles. The maximum atomic E-state index is 13.2. The summed E-state index contributed by atoms with van der Waals surface area (Å²) in [5.74, 6) is -0.897. The Morgan fingerprint density at radius 1 is 0.775 bits per heavy atom. The number of hydrogen-bond acceptors (Lipinski definition) is 4. The number of rotatable bonds is 9. The van der Waals surface area contributed by atoms with Crippen molar-refractivity contribution in [2.75, 3.05) is 16.4 Å². The highest BCUT2D eigenvalue weighted by molar-refractivity contribution is 8.00. The highest BCUT2D eigenvalue weighted by Crippen LogP contribution is 2.23. The highest BCUT2D eigenvalue weighted by atomic mass is 35.5. The Balaban J connectivity index is 1.40. The lowest BCUT2D eigenvalue weighted by molar-refractivity contribution is -0.114. The van der Waals surface area contributed by atoms with Crippen molar-refractivity contribution >= 4 is 70.1 Å². The molecule has 3 N–H and O–H groups in total. The Labute approximate surface area is 246 Å². The van der Waals surface area contributed by atoms with E-state index in [0.29, 0.717) is 32.5 Å². The van der Waals surface area contributed by atoms with Gasteiger partial charge in [-0.2, -0.15) is 0 Å². The molecule has 0 saturated heterocycles. The first-order valence-corrected chi connectivity index (χ1v) is 14.0. The van der Waals surface area contributed by atoms with Crippen LogP contribution >= 0.6 is 35.0 Å². The van der Waals surface area contributed by atoms with E-state index in [4.69, 9.17) is 23.2 Å². The largest absolute Gasteiger partial charge is 0.325 e. The van der Waals surface area contributed by atoms with Gasteiger partial charge < -0.3 is 16.0 Å². The maximum Gasteiger partial charge on any atom is 0.272 e. The van der Waals surface area contributed by atoms with Gasteiger partial charge in [0.05, 0.1) is 5.75 Å². The number of thioether (sulfide) groups is 1. The molecule has 0 aliphatic heterocycles. The number of carbonyl (C=O) groups is 3. The summed E-state index contributed by atoms with van der Waals surface area (Å²) in [6.07, 6.45) is 1.53. The van der Waals surface area contributed by atoms with Gasteiger partial charge in [0, 0.05) is 31.9 Å². The zero-order valence-corrected chi connectivity index (χ0v) is 23.7. The van der Waals surface area contributed by atoms with Gasteiger partial charge in [-0.1, -0.05) is 65.7 Å². The lowest BCUT2D eigenvalue weighted by Crippen LogP contribution is -2.30. The number of hydrogen-bond donors (Lipinski definition) is 3. The number of halogens is 2. The van der Waals surface area contributed by atoms with Crippen molar-refractivity contribution in [3.05, 3.63) is 129 Å². The number of aryl methyl sites for hydroxylation is 1. The minimum absolute atomic E-state index is 0.0354. The van der Waals surface area contributed by atoms with Crippen LogP contribution in [0.4, 0.5) is 11.4 Å². The van der Waals surface area contributed by atoms with Crippen LogP contribution in [0.2, 0.25) is 10.0 Å². The van der Waals surface area contributed by atoms with E-state index < -0.39 is 11.8 Å². The minimum Gasteiger partial charge on any atom is -0.325 e. The van der Waals surface area contributed by atoms with Gasteiger partial charge in [-0.15, -0.1) is 11.8 Å². The molecule has 40 heavy (non-hydrogen) atoms. The predicted molar refractivity (Wildman–Crippen MR) is 164 cm³/mol. The van der Waals surface area contributed by atoms with Crippen LogP contribution in [0, 0.1) is 6.92 Å². The molecule has 0 atom stereocenters. The summed E-state index contributed by atoms with van der Waals surface area (Å²) in [5.41, 5.74) is 3.13. The molecule has 4 aromatic carbocycles. The molecule has 0 aliphatic carbocycles. The van der Waals surface area contributed by atoms with Gasteiger partial charge in [-0.05, 0) is 78.7 Å². The molecular weight excluding hydrogens is 565 g/mol. The summed E-state index contributed by atoms with van der Waals surface area (Å²) in [4.78, 5) is 39.2. The fraction of sp³-hybridized carbons (Fsp3) is 0.0645. The minimum atomic E-state index is -0.513. The van der Waals surface area contributed by atoms with E-state index in [1.54, 1.807) is 91.0 Å². The molecule has 4 aromatic rings. The van der Waals surface area contributed by atoms with Gasteiger partial charge >= 0.3 is 0 Å². The second-order valence-electron chi connectivity index (χ2n) is 8.68. The van der Waals surface area contributed by atoms with E-state index in [0.717, 1.165) is 10.5 Å². The van der Waals surface area contributed by atoms with Crippen LogP contribution in [0.1, 0.15) is 21.5 Å². The van der Waals surface area contributed by atoms with Crippen LogP contribution in [0.5, 0.6) is 0 Å². The van der Waals surface area contributed by atoms with Gasteiger partial charge in [0.25, 0.3) is 11.8 Å². The molecule has 0 aromatic heterocycles. The molecule has 3 amide bonds. The van der Waals surface area contributed by atoms with Gasteiger partial charge in [0.1, 0.15) is 5.70 Å². The monoisotopic (exact) mass is 589 g/mol. The van der Waals surface area contributed by atoms with Gasteiger partial charge in [-0.3, -0.25) is 14.4 Å². The third-order valence-electron chi connectivity index (χ3n) is 5.67. The third-order valence-corrected chi connectivity index (χ3v) is 7.44. The van der Waals surface area contributed by atoms with E-state index in [1.165, 1.54) is 17.8 Å². The highest BCUT2D eigenvalue weighted by Gasteiger charge is 2.16. The van der Waals surface area contributed by atoms with E-state index in [1.807, 2.05) is 13.0 Å². The number of amides is 3. The average molecular weight is 591 g/mol. The predicted octanol–water partition coefficient (Wildman–Crippen LogP) is 7.44. The summed E-state index contributed by atoms with van der Waals surface area (Å²) < 4.78 is 0. The normalized spacial score (nSPS) is 11.0. The lowest BCUT2D eigenvalue weighted by atomic mass is 10.1. The lowest BCUT2D eigenvalue weighted by Gasteiger charge is -2.12. The van der Waals surface area contributed by atoms with Gasteiger partial charge in [0.15, 0.2) is 0 Å². The summed E-state index contributed by atoms with van der Waals surface area (Å²) in [7, 11) is 0. The molecule has 9 heteroatoms. The molecule has 202 valence electrons. The van der Waals surface area contributed by atoms with Crippen LogP contribution in [0.25, 0.3) is 6.08 Å². The topological polar surface area (TPSA) is 87.3 Å². The first-order chi connectivity index (χ1) is 19.3. The second kappa shape index (κ2) is 13.8. The quantitative estimate of drug-likeness (QED) is 0.140. The fourth-order valence-corrected chi connectivity index (χ4v) is 4.61. The number of anilines is 2. The number of carbonyl (C=O) groups excluding carboxylic acids is 3. The van der Waals surface area contributed by atoms with E-state index in [9.17, 15) is 14.4 Å². The van der Waals surface area contributed by atoms with E-state index in [2.05, 4.69) is 16.0 Å². The van der Waals surface area contributed by atoms with Crippen molar-refractivity contribution in [1.29, 1.82) is 0 Å². The maximum absolute atomic E-state index is 13.2. The average Bonchev–Trinajstić information content (AvgIpc) is 2.96. The Morgan fingerprint density at radius 2 is 1.45 bits per heavy atom. The molecule has 4 rings (SSSR count). The first kappa shape index (κ1) is 29.0. The summed E-state index contributed by atoms with van der Waals surface area (Å²) in [5, 5.41) is 9.36. The SMILES string of the molecule is Cc1ccc(NC(=O)CSc2ccc(NC(=O)/C(=C/c3ccccc3Cl)NC(=O)c3ccccc3)cc2)cc1Cl. The van der Waals surface area contributed by atoms with Crippen LogP contribution < -0.4 is 16.0 Å². The zero-order valence-electron chi connectivity index (χ0n) is 21.4. The molecule has 0 aliphatic rings. The smallest absolute Gasteiger partial charge is 0.272 e. The molecule has 0 heterocycles. The van der Waals surface area contributed by atoms with Crippen LogP contribution in [-0.4, -0.2) is 23.5 Å². The molecule has 0 unspecified atom stereocenters. The van der Waals surface area contributed by atoms with Crippen molar-refractivity contribution in [3.8, 4) is 0 Å². The van der Waals surface area contributed by atoms with Crippen LogP contribution in [0.15, 0.2) is 108 Å². The Hall–Kier alpha value is -4.04. The number of benzene rings is 4. The van der Waals surface area contributed by atoms with Crippen molar-refractivity contribution in [1.82, 2.24) is 5.32 Å². The Bertz CT molecular complexity index is 1560. The molecule has 6 nitrogen and oxygen atoms in total. The Kier molecular flexibility index (Phi) is 10.0. The second-order valence-corrected chi connectivity index (χ2v) is 10.5. The molecule has 0 radical (unpaired) electrons. The van der Waals surface area contributed by atoms with Crippen molar-refractivity contribution < 1.29 is 14.4 Å². The standard InChI is InChI=1S/C31H25Cl2N3O3S/c1-20-11-12-24(18-27(20)33)34-29(37)19-40-25-15-13-23(14-16-25)35-31(39)28(17-22-9-5-6-10-26(22)32)36-30(38)21-7-3-2-4-8-21/h2-18H,19H2,1H3,(H,34,37)(H,35,39)(H,36,38)/b28-17-. The van der Waals surface area contributed by atoms with Crippen molar-refractivity contribution in [2.45, 2.75) is 11.8 Å². The summed E-state index contributed by atoms with van der Waals surface area (Å²) >= 11 is 13.8. The molecular formula is C31H25Cl2N3O3S.